The first-order valence-electron chi connectivity index (χ1n) is 4.78. The Bertz CT molecular complexity index is 178. The third kappa shape index (κ3) is 2.51. The van der Waals surface area contributed by atoms with Gasteiger partial charge in [0.1, 0.15) is 0 Å². The van der Waals surface area contributed by atoms with Gasteiger partial charge in [-0.2, -0.15) is 0 Å². The van der Waals surface area contributed by atoms with E-state index < -0.39 is 0 Å². The molecule has 0 aromatic carbocycles. The van der Waals surface area contributed by atoms with Crippen molar-refractivity contribution in [2.45, 2.75) is 32.2 Å². The quantitative estimate of drug-likeness (QED) is 0.615. The summed E-state index contributed by atoms with van der Waals surface area (Å²) in [7, 11) is 0. The second kappa shape index (κ2) is 5.18. The van der Waals surface area contributed by atoms with Crippen LogP contribution in [0.15, 0.2) is 0 Å². The van der Waals surface area contributed by atoms with Gasteiger partial charge in [-0.1, -0.05) is 12.8 Å². The molecule has 1 rings (SSSR count). The molecular weight excluding hydrogens is 148 g/mol. The predicted molar refractivity (Wildman–Crippen MR) is 51.7 cm³/mol. The molecule has 1 aliphatic heterocycles. The lowest BCUT2D eigenvalue weighted by Gasteiger charge is -2.19. The molecule has 1 aliphatic rings. The molecular formula is C10H18N2. The SMILES string of the molecule is CCC#CCN1CCCC1CN. The number of rotatable bonds is 2. The van der Waals surface area contributed by atoms with Gasteiger partial charge in [0.2, 0.25) is 0 Å². The highest BCUT2D eigenvalue weighted by molar-refractivity contribution is 5.02. The minimum Gasteiger partial charge on any atom is -0.329 e. The van der Waals surface area contributed by atoms with Crippen LogP contribution in [-0.2, 0) is 0 Å². The molecule has 0 aliphatic carbocycles. The van der Waals surface area contributed by atoms with Crippen LogP contribution in [-0.4, -0.2) is 30.6 Å². The summed E-state index contributed by atoms with van der Waals surface area (Å²) in [4.78, 5) is 2.39. The fraction of sp³-hybridized carbons (Fsp3) is 0.800. The summed E-state index contributed by atoms with van der Waals surface area (Å²) < 4.78 is 0. The van der Waals surface area contributed by atoms with E-state index in [1.54, 1.807) is 0 Å². The molecule has 1 unspecified atom stereocenters. The van der Waals surface area contributed by atoms with Gasteiger partial charge >= 0.3 is 0 Å². The minimum absolute atomic E-state index is 0.594. The lowest BCUT2D eigenvalue weighted by Crippen LogP contribution is -2.35. The number of hydrogen-bond acceptors (Lipinski definition) is 2. The highest BCUT2D eigenvalue weighted by Gasteiger charge is 2.21. The first kappa shape index (κ1) is 9.57. The normalized spacial score (nSPS) is 23.7. The van der Waals surface area contributed by atoms with Crippen molar-refractivity contribution in [1.82, 2.24) is 4.90 Å². The highest BCUT2D eigenvalue weighted by Crippen LogP contribution is 2.14. The summed E-state index contributed by atoms with van der Waals surface area (Å²) >= 11 is 0. The molecule has 2 nitrogen and oxygen atoms in total. The fourth-order valence-corrected chi connectivity index (χ4v) is 1.65. The van der Waals surface area contributed by atoms with Gasteiger partial charge in [-0.3, -0.25) is 4.90 Å². The van der Waals surface area contributed by atoms with Crippen LogP contribution < -0.4 is 5.73 Å². The standard InChI is InChI=1S/C10H18N2/c1-2-3-4-7-12-8-5-6-10(12)9-11/h10H,2,5-9,11H2,1H3. The topological polar surface area (TPSA) is 29.3 Å². The minimum atomic E-state index is 0.594. The van der Waals surface area contributed by atoms with E-state index in [9.17, 15) is 0 Å². The summed E-state index contributed by atoms with van der Waals surface area (Å²) in [6.45, 7) is 4.96. The molecule has 2 heteroatoms. The molecule has 1 fully saturated rings. The number of nitrogens with zero attached hydrogens (tertiary/aromatic N) is 1. The summed E-state index contributed by atoms with van der Waals surface area (Å²) in [6.07, 6.45) is 3.50. The maximum absolute atomic E-state index is 5.64. The highest BCUT2D eigenvalue weighted by atomic mass is 15.2. The van der Waals surface area contributed by atoms with E-state index in [1.165, 1.54) is 19.4 Å². The Morgan fingerprint density at radius 3 is 3.00 bits per heavy atom. The predicted octanol–water partition coefficient (Wildman–Crippen LogP) is 0.823. The van der Waals surface area contributed by atoms with Crippen LogP contribution in [0, 0.1) is 11.8 Å². The van der Waals surface area contributed by atoms with Gasteiger partial charge in [0.05, 0.1) is 6.54 Å². The van der Waals surface area contributed by atoms with Crippen molar-refractivity contribution in [3.63, 3.8) is 0 Å². The maximum atomic E-state index is 5.64. The van der Waals surface area contributed by atoms with E-state index in [4.69, 9.17) is 5.73 Å². The van der Waals surface area contributed by atoms with Crippen LogP contribution in [0.25, 0.3) is 0 Å². The van der Waals surface area contributed by atoms with E-state index in [2.05, 4.69) is 23.7 Å². The second-order valence-corrected chi connectivity index (χ2v) is 3.21. The van der Waals surface area contributed by atoms with Crippen LogP contribution in [0.4, 0.5) is 0 Å². The molecule has 0 aromatic rings. The van der Waals surface area contributed by atoms with Crippen molar-refractivity contribution < 1.29 is 0 Å². The molecule has 0 aromatic heterocycles. The summed E-state index contributed by atoms with van der Waals surface area (Å²) in [6, 6.07) is 0.594. The molecule has 12 heavy (non-hydrogen) atoms. The fourth-order valence-electron chi connectivity index (χ4n) is 1.65. The Morgan fingerprint density at radius 2 is 2.33 bits per heavy atom. The molecule has 0 bridgehead atoms. The summed E-state index contributed by atoms with van der Waals surface area (Å²) in [5, 5.41) is 0. The van der Waals surface area contributed by atoms with Gasteiger partial charge in [0, 0.05) is 19.0 Å². The summed E-state index contributed by atoms with van der Waals surface area (Å²) in [5.41, 5.74) is 5.64. The van der Waals surface area contributed by atoms with Gasteiger partial charge < -0.3 is 5.73 Å². The zero-order valence-corrected chi connectivity index (χ0v) is 7.84. The van der Waals surface area contributed by atoms with E-state index in [1.807, 2.05) is 0 Å². The van der Waals surface area contributed by atoms with Crippen LogP contribution in [0.1, 0.15) is 26.2 Å². The lowest BCUT2D eigenvalue weighted by atomic mass is 10.2. The van der Waals surface area contributed by atoms with Gasteiger partial charge in [-0.05, 0) is 19.4 Å². The van der Waals surface area contributed by atoms with Crippen molar-refractivity contribution in [2.24, 2.45) is 5.73 Å². The Balaban J connectivity index is 2.30. The second-order valence-electron chi connectivity index (χ2n) is 3.21. The molecule has 0 saturated carbocycles. The average molecular weight is 166 g/mol. The molecule has 0 radical (unpaired) electrons. The Hall–Kier alpha value is -0.520. The van der Waals surface area contributed by atoms with Crippen LogP contribution in [0.2, 0.25) is 0 Å². The Kier molecular flexibility index (Phi) is 4.13. The van der Waals surface area contributed by atoms with E-state index in [0.29, 0.717) is 6.04 Å². The van der Waals surface area contributed by atoms with Gasteiger partial charge in [0.15, 0.2) is 0 Å². The first-order valence-corrected chi connectivity index (χ1v) is 4.78. The van der Waals surface area contributed by atoms with E-state index >= 15 is 0 Å². The Labute approximate surface area is 75.1 Å². The monoisotopic (exact) mass is 166 g/mol. The molecule has 1 heterocycles. The van der Waals surface area contributed by atoms with E-state index in [0.717, 1.165) is 19.5 Å². The van der Waals surface area contributed by atoms with Crippen LogP contribution in [0.5, 0.6) is 0 Å². The number of likely N-dealkylation sites (tertiary alicyclic amines) is 1. The molecule has 0 spiro atoms. The molecule has 2 N–H and O–H groups in total. The number of nitrogens with two attached hydrogens (primary N) is 1. The molecule has 1 atom stereocenters. The van der Waals surface area contributed by atoms with Crippen LogP contribution >= 0.6 is 0 Å². The third-order valence-corrected chi connectivity index (χ3v) is 2.36. The van der Waals surface area contributed by atoms with E-state index in [-0.39, 0.29) is 0 Å². The average Bonchev–Trinajstić information content (AvgIpc) is 2.52. The van der Waals surface area contributed by atoms with Crippen molar-refractivity contribution in [1.29, 1.82) is 0 Å². The zero-order valence-electron chi connectivity index (χ0n) is 7.84. The van der Waals surface area contributed by atoms with Crippen LogP contribution in [0.3, 0.4) is 0 Å². The Morgan fingerprint density at radius 1 is 1.50 bits per heavy atom. The van der Waals surface area contributed by atoms with Crippen molar-refractivity contribution >= 4 is 0 Å². The molecule has 68 valence electrons. The summed E-state index contributed by atoms with van der Waals surface area (Å²) in [5.74, 6) is 6.25. The van der Waals surface area contributed by atoms with Gasteiger partial charge in [-0.25, -0.2) is 0 Å². The van der Waals surface area contributed by atoms with Crippen molar-refractivity contribution in [2.75, 3.05) is 19.6 Å². The molecule has 0 amide bonds. The third-order valence-electron chi connectivity index (χ3n) is 2.36. The maximum Gasteiger partial charge on any atom is 0.0604 e. The first-order chi connectivity index (χ1) is 5.88. The smallest absolute Gasteiger partial charge is 0.0604 e. The van der Waals surface area contributed by atoms with Gasteiger partial charge in [-0.15, -0.1) is 5.92 Å². The zero-order chi connectivity index (χ0) is 8.81. The number of hydrogen-bond donors (Lipinski definition) is 1. The lowest BCUT2D eigenvalue weighted by molar-refractivity contribution is 0.290. The van der Waals surface area contributed by atoms with Crippen molar-refractivity contribution in [3.05, 3.63) is 0 Å². The van der Waals surface area contributed by atoms with Gasteiger partial charge in [0.25, 0.3) is 0 Å². The van der Waals surface area contributed by atoms with Crippen molar-refractivity contribution in [3.8, 4) is 11.8 Å². The largest absolute Gasteiger partial charge is 0.329 e. The molecule has 1 saturated heterocycles.